The number of hydrogen-bond acceptors (Lipinski definition) is 8. The molecule has 45 heavy (non-hydrogen) atoms. The normalized spacial score (nSPS) is 17.9. The van der Waals surface area contributed by atoms with Gasteiger partial charge in [-0.05, 0) is 74.3 Å². The molecule has 5 rings (SSSR count). The van der Waals surface area contributed by atoms with Crippen molar-refractivity contribution in [2.75, 3.05) is 11.3 Å². The molecule has 4 bridgehead atoms. The van der Waals surface area contributed by atoms with Crippen molar-refractivity contribution >= 4 is 16.0 Å². The van der Waals surface area contributed by atoms with Gasteiger partial charge >= 0.3 is 0 Å². The number of nitrogens with zero attached hydrogens (tertiary/aromatic N) is 4. The maximum Gasteiger partial charge on any atom is 0.264 e. The number of sulfonamides is 1. The van der Waals surface area contributed by atoms with Gasteiger partial charge in [-0.2, -0.15) is 9.37 Å². The number of ether oxygens (including phenoxy) is 2. The molecule has 11 heteroatoms. The van der Waals surface area contributed by atoms with Crippen LogP contribution in [0, 0.1) is 31.0 Å². The highest BCUT2D eigenvalue weighted by molar-refractivity contribution is 7.92. The largest absolute Gasteiger partial charge is 0.488 e. The molecule has 238 valence electrons. The van der Waals surface area contributed by atoms with E-state index in [1.165, 1.54) is 6.07 Å². The van der Waals surface area contributed by atoms with Gasteiger partial charge in [0, 0.05) is 17.9 Å². The SMILES string of the molecule is Cc1cccc(C)c1-c1nc2nc(c1F)OC[C@@H](CC(C)(C)C)C(Cc1ncc(OC(C)C)cn1)c1cccc(c1)S(=O)(=O)N2. The minimum absolute atomic E-state index is 0.0182. The van der Waals surface area contributed by atoms with Gasteiger partial charge in [0.2, 0.25) is 11.8 Å². The summed E-state index contributed by atoms with van der Waals surface area (Å²) in [5.74, 6) is -0.645. The standard InChI is InChI=1S/C34H40FN5O4S/c1-20(2)44-25-17-36-28(37-18-25)15-27-23-12-9-13-26(14-23)45(41,42)40-33-38-31(29-21(3)10-8-11-22(29)4)30(35)32(39-33)43-19-24(27)16-34(5,6)7/h8-14,17-18,20,24,27H,15-16,19H2,1-7H3,(H,38,39,40)/t24-,27?/m1/s1. The summed E-state index contributed by atoms with van der Waals surface area (Å²) in [6.45, 7) is 14.1. The molecule has 1 unspecified atom stereocenters. The molecule has 0 fully saturated rings. The fourth-order valence-electron chi connectivity index (χ4n) is 5.84. The van der Waals surface area contributed by atoms with Crippen LogP contribution in [0.1, 0.15) is 69.5 Å². The number of aryl methyl sites for hydroxylation is 2. The third-order valence-electron chi connectivity index (χ3n) is 7.69. The van der Waals surface area contributed by atoms with Gasteiger partial charge in [-0.3, -0.25) is 0 Å². The van der Waals surface area contributed by atoms with E-state index < -0.39 is 15.8 Å². The Hall–Kier alpha value is -4.12. The molecule has 9 nitrogen and oxygen atoms in total. The van der Waals surface area contributed by atoms with E-state index in [2.05, 4.69) is 45.4 Å². The lowest BCUT2D eigenvalue weighted by molar-refractivity contribution is 0.161. The van der Waals surface area contributed by atoms with E-state index in [1.54, 1.807) is 24.5 Å². The molecular weight excluding hydrogens is 593 g/mol. The minimum Gasteiger partial charge on any atom is -0.488 e. The van der Waals surface area contributed by atoms with E-state index >= 15 is 4.39 Å². The first-order chi connectivity index (χ1) is 21.2. The maximum absolute atomic E-state index is 16.2. The Labute approximate surface area is 264 Å². The number of nitrogens with one attached hydrogen (secondary N) is 1. The van der Waals surface area contributed by atoms with Crippen molar-refractivity contribution in [1.29, 1.82) is 0 Å². The summed E-state index contributed by atoms with van der Waals surface area (Å²) in [5.41, 5.74) is 2.75. The zero-order valence-corrected chi connectivity index (χ0v) is 27.6. The maximum atomic E-state index is 16.2. The molecule has 4 aromatic rings. The summed E-state index contributed by atoms with van der Waals surface area (Å²) in [6, 6.07) is 12.4. The van der Waals surface area contributed by atoms with Crippen molar-refractivity contribution in [3.05, 3.63) is 83.2 Å². The number of anilines is 1. The van der Waals surface area contributed by atoms with Gasteiger partial charge in [-0.1, -0.05) is 51.1 Å². The molecule has 2 aromatic carbocycles. The van der Waals surface area contributed by atoms with E-state index in [9.17, 15) is 8.42 Å². The van der Waals surface area contributed by atoms with Crippen molar-refractivity contribution in [1.82, 2.24) is 19.9 Å². The topological polar surface area (TPSA) is 116 Å². The molecule has 0 amide bonds. The highest BCUT2D eigenvalue weighted by atomic mass is 32.2. The Morgan fingerprint density at radius 1 is 1.04 bits per heavy atom. The Morgan fingerprint density at radius 3 is 2.36 bits per heavy atom. The van der Waals surface area contributed by atoms with E-state index in [-0.39, 0.29) is 52.4 Å². The summed E-state index contributed by atoms with van der Waals surface area (Å²) in [7, 11) is -4.15. The number of hydrogen-bond donors (Lipinski definition) is 1. The van der Waals surface area contributed by atoms with Crippen molar-refractivity contribution in [2.24, 2.45) is 11.3 Å². The number of benzene rings is 2. The van der Waals surface area contributed by atoms with Crippen LogP contribution in [0.15, 0.2) is 59.8 Å². The van der Waals surface area contributed by atoms with Gasteiger partial charge in [-0.25, -0.2) is 28.1 Å². The quantitative estimate of drug-likeness (QED) is 0.240. The van der Waals surface area contributed by atoms with Crippen LogP contribution in [-0.4, -0.2) is 41.1 Å². The third kappa shape index (κ3) is 7.58. The van der Waals surface area contributed by atoms with Crippen molar-refractivity contribution < 1.29 is 22.3 Å². The first kappa shape index (κ1) is 32.3. The summed E-state index contributed by atoms with van der Waals surface area (Å²) in [4.78, 5) is 17.7. The molecule has 1 N–H and O–H groups in total. The number of halogens is 1. The minimum atomic E-state index is -4.15. The molecule has 2 aromatic heterocycles. The monoisotopic (exact) mass is 633 g/mol. The van der Waals surface area contributed by atoms with Crippen LogP contribution >= 0.6 is 0 Å². The second-order valence-corrected chi connectivity index (χ2v) is 14.8. The molecule has 0 radical (unpaired) electrons. The predicted molar refractivity (Wildman–Crippen MR) is 171 cm³/mol. The van der Waals surface area contributed by atoms with Crippen LogP contribution in [0.25, 0.3) is 11.3 Å². The van der Waals surface area contributed by atoms with E-state index in [4.69, 9.17) is 9.47 Å². The van der Waals surface area contributed by atoms with Gasteiger partial charge < -0.3 is 9.47 Å². The molecule has 1 aliphatic rings. The molecular formula is C34H40FN5O4S. The highest BCUT2D eigenvalue weighted by Gasteiger charge is 2.32. The first-order valence-corrected chi connectivity index (χ1v) is 16.6. The molecule has 0 saturated heterocycles. The fourth-order valence-corrected chi connectivity index (χ4v) is 6.84. The van der Waals surface area contributed by atoms with E-state index in [0.717, 1.165) is 16.7 Å². The lowest BCUT2D eigenvalue weighted by atomic mass is 9.75. The summed E-state index contributed by atoms with van der Waals surface area (Å²) in [6.07, 6.45) is 4.35. The lowest BCUT2D eigenvalue weighted by Crippen LogP contribution is -2.28. The lowest BCUT2D eigenvalue weighted by Gasteiger charge is -2.33. The average molecular weight is 634 g/mol. The predicted octanol–water partition coefficient (Wildman–Crippen LogP) is 7.05. The van der Waals surface area contributed by atoms with Gasteiger partial charge in [0.1, 0.15) is 11.5 Å². The van der Waals surface area contributed by atoms with Gasteiger partial charge in [-0.15, -0.1) is 0 Å². The Bertz CT molecular complexity index is 1770. The third-order valence-corrected chi connectivity index (χ3v) is 9.02. The molecule has 0 spiro atoms. The zero-order chi connectivity index (χ0) is 32.5. The van der Waals surface area contributed by atoms with Crippen LogP contribution in [0.5, 0.6) is 11.6 Å². The molecule has 0 saturated carbocycles. The molecule has 2 atom stereocenters. The summed E-state index contributed by atoms with van der Waals surface area (Å²) >= 11 is 0. The number of rotatable bonds is 6. The van der Waals surface area contributed by atoms with Crippen LogP contribution in [0.3, 0.4) is 0 Å². The van der Waals surface area contributed by atoms with Crippen LogP contribution in [0.4, 0.5) is 10.3 Å². The first-order valence-electron chi connectivity index (χ1n) is 15.1. The van der Waals surface area contributed by atoms with Crippen LogP contribution in [-0.2, 0) is 16.4 Å². The van der Waals surface area contributed by atoms with Gasteiger partial charge in [0.05, 0.1) is 30.0 Å². The van der Waals surface area contributed by atoms with E-state index in [1.807, 2.05) is 52.0 Å². The Morgan fingerprint density at radius 2 is 1.71 bits per heavy atom. The van der Waals surface area contributed by atoms with Crippen molar-refractivity contribution in [3.63, 3.8) is 0 Å². The van der Waals surface area contributed by atoms with Crippen molar-refractivity contribution in [3.8, 4) is 22.9 Å². The second kappa shape index (κ2) is 12.7. The van der Waals surface area contributed by atoms with Crippen LogP contribution < -0.4 is 14.2 Å². The molecule has 3 heterocycles. The summed E-state index contributed by atoms with van der Waals surface area (Å²) in [5, 5.41) is 0. The van der Waals surface area contributed by atoms with Crippen molar-refractivity contribution in [2.45, 2.75) is 78.2 Å². The van der Waals surface area contributed by atoms with Gasteiger partial charge in [0.25, 0.3) is 15.9 Å². The highest BCUT2D eigenvalue weighted by Crippen LogP contribution is 2.39. The average Bonchev–Trinajstić information content (AvgIpc) is 2.95. The molecule has 1 aliphatic heterocycles. The zero-order valence-electron chi connectivity index (χ0n) is 26.8. The van der Waals surface area contributed by atoms with Crippen LogP contribution in [0.2, 0.25) is 0 Å². The fraction of sp³-hybridized carbons (Fsp3) is 0.412. The van der Waals surface area contributed by atoms with Gasteiger partial charge in [0.15, 0.2) is 5.75 Å². The number of fused-ring (bicyclic) bond motifs is 4. The molecule has 0 aliphatic carbocycles. The summed E-state index contributed by atoms with van der Waals surface area (Å²) < 4.78 is 58.0. The Kier molecular flexibility index (Phi) is 9.11. The smallest absolute Gasteiger partial charge is 0.264 e. The number of aromatic nitrogens is 4. The second-order valence-electron chi connectivity index (χ2n) is 13.1. The van der Waals surface area contributed by atoms with E-state index in [0.29, 0.717) is 30.0 Å². The Balaban J connectivity index is 1.65.